The van der Waals surface area contributed by atoms with Crippen LogP contribution in [0.15, 0.2) is 24.3 Å². The summed E-state index contributed by atoms with van der Waals surface area (Å²) in [5.41, 5.74) is 6.04. The molecule has 1 aliphatic carbocycles. The van der Waals surface area contributed by atoms with E-state index in [-0.39, 0.29) is 29.6 Å². The van der Waals surface area contributed by atoms with E-state index in [4.69, 9.17) is 0 Å². The number of hydrazine groups is 1. The molecule has 2 rings (SSSR count). The number of carbonyl (C=O) groups excluding carboxylic acids is 3. The fourth-order valence-corrected chi connectivity index (χ4v) is 2.95. The first-order valence-electron chi connectivity index (χ1n) is 8.96. The summed E-state index contributed by atoms with van der Waals surface area (Å²) in [5, 5.41) is 2.79. The standard InChI is InChI=1S/C19H27N3O3/c1-13(2)12-17(23)20-16-10-8-15(9-11-16)19(25)22-21-18(24)14-6-4-3-5-7-14/h8-11,13-14H,3-7,12H2,1-2H3,(H,20,23)(H,21,24)(H,22,25). The van der Waals surface area contributed by atoms with Crippen molar-refractivity contribution in [1.29, 1.82) is 0 Å². The molecule has 0 heterocycles. The van der Waals surface area contributed by atoms with Crippen molar-refractivity contribution in [3.8, 4) is 0 Å². The second-order valence-corrected chi connectivity index (χ2v) is 7.00. The van der Waals surface area contributed by atoms with Crippen LogP contribution in [-0.4, -0.2) is 17.7 Å². The van der Waals surface area contributed by atoms with Crippen LogP contribution in [0.5, 0.6) is 0 Å². The van der Waals surface area contributed by atoms with Gasteiger partial charge in [-0.25, -0.2) is 0 Å². The molecule has 1 fully saturated rings. The van der Waals surface area contributed by atoms with Crippen LogP contribution in [0.3, 0.4) is 0 Å². The van der Waals surface area contributed by atoms with Gasteiger partial charge in [-0.2, -0.15) is 0 Å². The summed E-state index contributed by atoms with van der Waals surface area (Å²) >= 11 is 0. The van der Waals surface area contributed by atoms with Crippen LogP contribution in [0.4, 0.5) is 5.69 Å². The number of anilines is 1. The molecule has 6 nitrogen and oxygen atoms in total. The van der Waals surface area contributed by atoms with E-state index < -0.39 is 0 Å². The summed E-state index contributed by atoms with van der Waals surface area (Å²) in [4.78, 5) is 35.9. The Labute approximate surface area is 148 Å². The maximum Gasteiger partial charge on any atom is 0.269 e. The zero-order valence-electron chi connectivity index (χ0n) is 14.9. The minimum atomic E-state index is -0.371. The maximum absolute atomic E-state index is 12.1. The smallest absolute Gasteiger partial charge is 0.269 e. The molecule has 0 atom stereocenters. The van der Waals surface area contributed by atoms with E-state index in [0.717, 1.165) is 25.7 Å². The average molecular weight is 345 g/mol. The first-order valence-corrected chi connectivity index (χ1v) is 8.96. The Balaban J connectivity index is 1.81. The SMILES string of the molecule is CC(C)CC(=O)Nc1ccc(C(=O)NNC(=O)C2CCCCC2)cc1. The Kier molecular flexibility index (Phi) is 6.98. The van der Waals surface area contributed by atoms with Gasteiger partial charge in [-0.15, -0.1) is 0 Å². The lowest BCUT2D eigenvalue weighted by Gasteiger charge is -2.20. The molecule has 136 valence electrons. The second kappa shape index (κ2) is 9.20. The number of benzene rings is 1. The predicted molar refractivity (Wildman–Crippen MR) is 96.7 cm³/mol. The Bertz CT molecular complexity index is 605. The van der Waals surface area contributed by atoms with E-state index in [9.17, 15) is 14.4 Å². The topological polar surface area (TPSA) is 87.3 Å². The number of rotatable bonds is 5. The molecular weight excluding hydrogens is 318 g/mol. The van der Waals surface area contributed by atoms with Crippen LogP contribution in [-0.2, 0) is 9.59 Å². The Morgan fingerprint density at radius 2 is 1.64 bits per heavy atom. The van der Waals surface area contributed by atoms with Crippen LogP contribution in [0.1, 0.15) is 62.7 Å². The van der Waals surface area contributed by atoms with Crippen molar-refractivity contribution in [1.82, 2.24) is 10.9 Å². The highest BCUT2D eigenvalue weighted by Gasteiger charge is 2.21. The van der Waals surface area contributed by atoms with Gasteiger partial charge in [0.05, 0.1) is 0 Å². The molecule has 25 heavy (non-hydrogen) atoms. The van der Waals surface area contributed by atoms with E-state index in [1.807, 2.05) is 13.8 Å². The Morgan fingerprint density at radius 3 is 2.24 bits per heavy atom. The first kappa shape index (κ1) is 19.0. The van der Waals surface area contributed by atoms with Gasteiger partial charge in [0.15, 0.2) is 0 Å². The quantitative estimate of drug-likeness (QED) is 0.717. The molecule has 0 spiro atoms. The molecule has 3 N–H and O–H groups in total. The third-order valence-corrected chi connectivity index (χ3v) is 4.30. The number of hydrogen-bond donors (Lipinski definition) is 3. The minimum absolute atomic E-state index is 0.00686. The van der Waals surface area contributed by atoms with Crippen molar-refractivity contribution in [2.45, 2.75) is 52.4 Å². The van der Waals surface area contributed by atoms with Crippen LogP contribution < -0.4 is 16.2 Å². The van der Waals surface area contributed by atoms with E-state index in [2.05, 4.69) is 16.2 Å². The van der Waals surface area contributed by atoms with Gasteiger partial charge >= 0.3 is 0 Å². The predicted octanol–water partition coefficient (Wildman–Crippen LogP) is 3.01. The summed E-state index contributed by atoms with van der Waals surface area (Å²) in [6.07, 6.45) is 5.52. The van der Waals surface area contributed by atoms with E-state index in [1.54, 1.807) is 24.3 Å². The van der Waals surface area contributed by atoms with Crippen molar-refractivity contribution >= 4 is 23.4 Å². The lowest BCUT2D eigenvalue weighted by atomic mass is 9.89. The highest BCUT2D eigenvalue weighted by molar-refractivity contribution is 5.96. The van der Waals surface area contributed by atoms with Gasteiger partial charge in [-0.3, -0.25) is 25.2 Å². The summed E-state index contributed by atoms with van der Waals surface area (Å²) < 4.78 is 0. The lowest BCUT2D eigenvalue weighted by Crippen LogP contribution is -2.44. The molecular formula is C19H27N3O3. The Hall–Kier alpha value is -2.37. The van der Waals surface area contributed by atoms with Gasteiger partial charge in [-0.1, -0.05) is 33.1 Å². The largest absolute Gasteiger partial charge is 0.326 e. The van der Waals surface area contributed by atoms with E-state index >= 15 is 0 Å². The average Bonchev–Trinajstić information content (AvgIpc) is 2.60. The van der Waals surface area contributed by atoms with Crippen LogP contribution in [0, 0.1) is 11.8 Å². The molecule has 0 bridgehead atoms. The normalized spacial score (nSPS) is 14.8. The zero-order chi connectivity index (χ0) is 18.2. The van der Waals surface area contributed by atoms with Gasteiger partial charge < -0.3 is 5.32 Å². The molecule has 0 aromatic heterocycles. The van der Waals surface area contributed by atoms with Crippen LogP contribution >= 0.6 is 0 Å². The minimum Gasteiger partial charge on any atom is -0.326 e. The van der Waals surface area contributed by atoms with Crippen molar-refractivity contribution in [3.63, 3.8) is 0 Å². The molecule has 1 aliphatic rings. The summed E-state index contributed by atoms with van der Waals surface area (Å²) in [6.45, 7) is 3.96. The third kappa shape index (κ3) is 6.21. The second-order valence-electron chi connectivity index (χ2n) is 7.00. The molecule has 3 amide bonds. The van der Waals surface area contributed by atoms with E-state index in [1.165, 1.54) is 6.42 Å². The molecule has 1 saturated carbocycles. The van der Waals surface area contributed by atoms with Gasteiger partial charge in [0, 0.05) is 23.6 Å². The maximum atomic E-state index is 12.1. The van der Waals surface area contributed by atoms with Crippen molar-refractivity contribution in [3.05, 3.63) is 29.8 Å². The number of carbonyl (C=O) groups is 3. The molecule has 6 heteroatoms. The van der Waals surface area contributed by atoms with Gasteiger partial charge in [0.1, 0.15) is 0 Å². The van der Waals surface area contributed by atoms with Crippen molar-refractivity contribution < 1.29 is 14.4 Å². The van der Waals surface area contributed by atoms with E-state index in [0.29, 0.717) is 17.7 Å². The lowest BCUT2D eigenvalue weighted by molar-refractivity contribution is -0.126. The first-order chi connectivity index (χ1) is 12.0. The molecule has 1 aromatic rings. The van der Waals surface area contributed by atoms with Crippen LogP contribution in [0.2, 0.25) is 0 Å². The molecule has 1 aromatic carbocycles. The molecule has 0 radical (unpaired) electrons. The molecule has 0 unspecified atom stereocenters. The van der Waals surface area contributed by atoms with Gasteiger partial charge in [0.2, 0.25) is 11.8 Å². The van der Waals surface area contributed by atoms with Gasteiger partial charge in [0.25, 0.3) is 5.91 Å². The molecule has 0 saturated heterocycles. The van der Waals surface area contributed by atoms with Crippen LogP contribution in [0.25, 0.3) is 0 Å². The summed E-state index contributed by atoms with van der Waals surface area (Å²) in [6, 6.07) is 6.59. The third-order valence-electron chi connectivity index (χ3n) is 4.30. The monoisotopic (exact) mass is 345 g/mol. The zero-order valence-corrected chi connectivity index (χ0v) is 14.9. The number of amides is 3. The van der Waals surface area contributed by atoms with Gasteiger partial charge in [-0.05, 0) is 43.0 Å². The van der Waals surface area contributed by atoms with Crippen molar-refractivity contribution in [2.75, 3.05) is 5.32 Å². The highest BCUT2D eigenvalue weighted by Crippen LogP contribution is 2.23. The fourth-order valence-electron chi connectivity index (χ4n) is 2.95. The fraction of sp³-hybridized carbons (Fsp3) is 0.526. The number of hydrogen-bond acceptors (Lipinski definition) is 3. The van der Waals surface area contributed by atoms with Crippen molar-refractivity contribution in [2.24, 2.45) is 11.8 Å². The Morgan fingerprint density at radius 1 is 1.00 bits per heavy atom. The number of nitrogens with one attached hydrogen (secondary N) is 3. The highest BCUT2D eigenvalue weighted by atomic mass is 16.2. The molecule has 0 aliphatic heterocycles. The summed E-state index contributed by atoms with van der Waals surface area (Å²) in [7, 11) is 0. The summed E-state index contributed by atoms with van der Waals surface area (Å²) in [5.74, 6) is -0.257.